The van der Waals surface area contributed by atoms with Gasteiger partial charge in [0.25, 0.3) is 0 Å². The number of oxazole rings is 1. The predicted molar refractivity (Wildman–Crippen MR) is 75.5 cm³/mol. The second-order valence-electron chi connectivity index (χ2n) is 4.59. The minimum Gasteiger partial charge on any atom is -0.408 e. The molecular formula is C15H10F2N2O3. The van der Waals surface area contributed by atoms with Gasteiger partial charge in [0.15, 0.2) is 5.58 Å². The van der Waals surface area contributed by atoms with Crippen LogP contribution in [0, 0.1) is 11.6 Å². The number of rotatable bonds is 3. The van der Waals surface area contributed by atoms with E-state index in [9.17, 15) is 18.4 Å². The van der Waals surface area contributed by atoms with Crippen LogP contribution in [0.15, 0.2) is 51.7 Å². The fraction of sp³-hybridized carbons (Fsp3) is 0.0667. The normalized spacial score (nSPS) is 10.8. The summed E-state index contributed by atoms with van der Waals surface area (Å²) in [4.78, 5) is 23.7. The third-order valence-electron chi connectivity index (χ3n) is 3.08. The Bertz CT molecular complexity index is 915. The van der Waals surface area contributed by atoms with Crippen LogP contribution in [-0.2, 0) is 11.3 Å². The number of carbonyl (C=O) groups excluding carboxylic acids is 1. The van der Waals surface area contributed by atoms with E-state index in [-0.39, 0.29) is 12.2 Å². The predicted octanol–water partition coefficient (Wildman–Crippen LogP) is 2.51. The summed E-state index contributed by atoms with van der Waals surface area (Å²) in [6.07, 6.45) is 0. The van der Waals surface area contributed by atoms with Gasteiger partial charge in [0.2, 0.25) is 5.91 Å². The Morgan fingerprint density at radius 3 is 2.73 bits per heavy atom. The fourth-order valence-electron chi connectivity index (χ4n) is 2.09. The van der Waals surface area contributed by atoms with Crippen molar-refractivity contribution in [1.29, 1.82) is 0 Å². The highest BCUT2D eigenvalue weighted by atomic mass is 19.1. The summed E-state index contributed by atoms with van der Waals surface area (Å²) in [6.45, 7) is -0.341. The molecule has 3 aromatic rings. The molecule has 0 unspecified atom stereocenters. The molecule has 7 heteroatoms. The maximum absolute atomic E-state index is 13.5. The van der Waals surface area contributed by atoms with Crippen LogP contribution in [-0.4, -0.2) is 10.5 Å². The van der Waals surface area contributed by atoms with Crippen LogP contribution in [0.25, 0.3) is 11.1 Å². The molecule has 5 nitrogen and oxygen atoms in total. The number of benzene rings is 2. The number of nitrogens with one attached hydrogen (secondary N) is 1. The van der Waals surface area contributed by atoms with Crippen molar-refractivity contribution in [2.45, 2.75) is 6.54 Å². The van der Waals surface area contributed by atoms with Gasteiger partial charge in [0.1, 0.15) is 18.2 Å². The SMILES string of the molecule is O=C(Cn1c(=O)oc2ccccc21)Nc1ccc(F)cc1F. The Kier molecular flexibility index (Phi) is 3.46. The maximum Gasteiger partial charge on any atom is 0.420 e. The van der Waals surface area contributed by atoms with Gasteiger partial charge in [-0.05, 0) is 24.3 Å². The molecule has 3 rings (SSSR count). The van der Waals surface area contributed by atoms with Crippen LogP contribution in [0.3, 0.4) is 0 Å². The molecule has 0 fully saturated rings. The first-order chi connectivity index (χ1) is 10.5. The number of nitrogens with zero attached hydrogens (tertiary/aromatic N) is 1. The van der Waals surface area contributed by atoms with Gasteiger partial charge < -0.3 is 9.73 Å². The maximum atomic E-state index is 13.5. The number of para-hydroxylation sites is 2. The Balaban J connectivity index is 1.84. The summed E-state index contributed by atoms with van der Waals surface area (Å²) in [5.74, 6) is -2.94. The monoisotopic (exact) mass is 304 g/mol. The second kappa shape index (κ2) is 5.44. The van der Waals surface area contributed by atoms with E-state index in [1.807, 2.05) is 0 Å². The lowest BCUT2D eigenvalue weighted by Gasteiger charge is -2.06. The molecule has 1 heterocycles. The number of anilines is 1. The minimum absolute atomic E-state index is 0.160. The van der Waals surface area contributed by atoms with Crippen LogP contribution in [0.2, 0.25) is 0 Å². The molecule has 1 aromatic heterocycles. The lowest BCUT2D eigenvalue weighted by Crippen LogP contribution is -2.25. The fourth-order valence-corrected chi connectivity index (χ4v) is 2.09. The summed E-state index contributed by atoms with van der Waals surface area (Å²) < 4.78 is 32.4. The van der Waals surface area contributed by atoms with E-state index in [4.69, 9.17) is 4.42 Å². The molecule has 0 atom stereocenters. The van der Waals surface area contributed by atoms with Gasteiger partial charge in [-0.1, -0.05) is 12.1 Å². The quantitative estimate of drug-likeness (QED) is 0.808. The van der Waals surface area contributed by atoms with Gasteiger partial charge in [-0.2, -0.15) is 0 Å². The lowest BCUT2D eigenvalue weighted by atomic mass is 10.3. The van der Waals surface area contributed by atoms with E-state index in [1.54, 1.807) is 24.3 Å². The first-order valence-corrected chi connectivity index (χ1v) is 6.38. The van der Waals surface area contributed by atoms with Crippen molar-refractivity contribution < 1.29 is 18.0 Å². The van der Waals surface area contributed by atoms with Crippen molar-refractivity contribution in [2.24, 2.45) is 0 Å². The van der Waals surface area contributed by atoms with Crippen LogP contribution in [0.5, 0.6) is 0 Å². The van der Waals surface area contributed by atoms with E-state index in [0.717, 1.165) is 16.7 Å². The molecule has 0 aliphatic rings. The third kappa shape index (κ3) is 2.60. The van der Waals surface area contributed by atoms with E-state index >= 15 is 0 Å². The standard InChI is InChI=1S/C15H10F2N2O3/c16-9-5-6-11(10(17)7-9)18-14(20)8-19-12-3-1-2-4-13(12)22-15(19)21/h1-7H,8H2,(H,18,20). The van der Waals surface area contributed by atoms with Gasteiger partial charge in [-0.15, -0.1) is 0 Å². The molecule has 1 N–H and O–H groups in total. The summed E-state index contributed by atoms with van der Waals surface area (Å²) in [6, 6.07) is 9.43. The molecule has 0 saturated carbocycles. The smallest absolute Gasteiger partial charge is 0.408 e. The van der Waals surface area contributed by atoms with Crippen LogP contribution in [0.1, 0.15) is 0 Å². The number of amides is 1. The van der Waals surface area contributed by atoms with Crippen LogP contribution < -0.4 is 11.1 Å². The van der Waals surface area contributed by atoms with Gasteiger partial charge in [-0.3, -0.25) is 9.36 Å². The highest BCUT2D eigenvalue weighted by Crippen LogP contribution is 2.16. The van der Waals surface area contributed by atoms with Crippen molar-refractivity contribution in [3.8, 4) is 0 Å². The lowest BCUT2D eigenvalue weighted by molar-refractivity contribution is -0.116. The molecule has 0 spiro atoms. The van der Waals surface area contributed by atoms with E-state index in [1.165, 1.54) is 0 Å². The average molecular weight is 304 g/mol. The molecule has 0 radical (unpaired) electrons. The number of fused-ring (bicyclic) bond motifs is 1. The molecule has 0 aliphatic carbocycles. The topological polar surface area (TPSA) is 64.2 Å². The van der Waals surface area contributed by atoms with Crippen molar-refractivity contribution in [3.05, 3.63) is 64.6 Å². The highest BCUT2D eigenvalue weighted by Gasteiger charge is 2.13. The Labute approximate surface area is 122 Å². The number of carbonyl (C=O) groups is 1. The number of halogens is 2. The second-order valence-corrected chi connectivity index (χ2v) is 4.59. The van der Waals surface area contributed by atoms with Crippen molar-refractivity contribution >= 4 is 22.7 Å². The van der Waals surface area contributed by atoms with E-state index in [0.29, 0.717) is 17.2 Å². The molecule has 112 valence electrons. The Hall–Kier alpha value is -2.96. The molecule has 1 amide bonds. The van der Waals surface area contributed by atoms with Crippen LogP contribution >= 0.6 is 0 Å². The van der Waals surface area contributed by atoms with Gasteiger partial charge in [0.05, 0.1) is 11.2 Å². The summed E-state index contributed by atoms with van der Waals surface area (Å²) in [7, 11) is 0. The minimum atomic E-state index is -0.891. The first kappa shape index (κ1) is 14.0. The Morgan fingerprint density at radius 1 is 1.18 bits per heavy atom. The summed E-state index contributed by atoms with van der Waals surface area (Å²) >= 11 is 0. The van der Waals surface area contributed by atoms with Crippen molar-refractivity contribution in [1.82, 2.24) is 4.57 Å². The largest absolute Gasteiger partial charge is 0.420 e. The van der Waals surface area contributed by atoms with Crippen molar-refractivity contribution in [3.63, 3.8) is 0 Å². The Morgan fingerprint density at radius 2 is 1.95 bits per heavy atom. The van der Waals surface area contributed by atoms with Gasteiger partial charge in [0, 0.05) is 6.07 Å². The molecule has 0 saturated heterocycles. The zero-order valence-electron chi connectivity index (χ0n) is 11.2. The highest BCUT2D eigenvalue weighted by molar-refractivity contribution is 5.91. The molecule has 0 bridgehead atoms. The van der Waals surface area contributed by atoms with E-state index < -0.39 is 23.3 Å². The van der Waals surface area contributed by atoms with Crippen molar-refractivity contribution in [2.75, 3.05) is 5.32 Å². The molecule has 22 heavy (non-hydrogen) atoms. The number of hydrogen-bond acceptors (Lipinski definition) is 3. The molecule has 0 aliphatic heterocycles. The van der Waals surface area contributed by atoms with Gasteiger partial charge >= 0.3 is 5.76 Å². The zero-order valence-corrected chi connectivity index (χ0v) is 11.2. The average Bonchev–Trinajstić information content (AvgIpc) is 2.78. The van der Waals surface area contributed by atoms with Gasteiger partial charge in [-0.25, -0.2) is 13.6 Å². The van der Waals surface area contributed by atoms with Crippen LogP contribution in [0.4, 0.5) is 14.5 Å². The van der Waals surface area contributed by atoms with E-state index in [2.05, 4.69) is 5.32 Å². The number of hydrogen-bond donors (Lipinski definition) is 1. The first-order valence-electron chi connectivity index (χ1n) is 6.38. The summed E-state index contributed by atoms with van der Waals surface area (Å²) in [5, 5.41) is 2.29. The molecular weight excluding hydrogens is 294 g/mol. The number of aromatic nitrogens is 1. The summed E-state index contributed by atoms with van der Waals surface area (Å²) in [5.41, 5.74) is 0.655. The molecule has 2 aromatic carbocycles. The zero-order chi connectivity index (χ0) is 15.7. The third-order valence-corrected chi connectivity index (χ3v) is 3.08.